The lowest BCUT2D eigenvalue weighted by molar-refractivity contribution is -0.122. The minimum absolute atomic E-state index is 0.144. The minimum atomic E-state index is -0.295. The number of nitrogens with two attached hydrogens (primary N) is 1. The molecule has 7 heteroatoms. The van der Waals surface area contributed by atoms with Crippen LogP contribution >= 0.6 is 0 Å². The number of carbonyl (C=O) groups is 1. The van der Waals surface area contributed by atoms with E-state index in [-0.39, 0.29) is 23.8 Å². The minimum Gasteiger partial charge on any atom is -0.478 e. The Labute approximate surface area is 134 Å². The van der Waals surface area contributed by atoms with Crippen molar-refractivity contribution in [3.8, 4) is 5.75 Å². The Kier molecular flexibility index (Phi) is 5.23. The van der Waals surface area contributed by atoms with Crippen LogP contribution in [-0.4, -0.2) is 49.7 Å². The zero-order valence-electron chi connectivity index (χ0n) is 13.6. The third kappa shape index (κ3) is 4.01. The van der Waals surface area contributed by atoms with Gasteiger partial charge in [0.15, 0.2) is 12.4 Å². The van der Waals surface area contributed by atoms with E-state index in [4.69, 9.17) is 10.5 Å². The zero-order valence-corrected chi connectivity index (χ0v) is 13.6. The summed E-state index contributed by atoms with van der Waals surface area (Å²) in [5.74, 6) is -0.151. The summed E-state index contributed by atoms with van der Waals surface area (Å²) in [6.07, 6.45) is 0. The number of likely N-dealkylation sites (N-methyl/N-ethyl adjacent to an activating group) is 2. The molecule has 2 rings (SSSR count). The van der Waals surface area contributed by atoms with Gasteiger partial charge in [0.2, 0.25) is 0 Å². The topological polar surface area (TPSA) is 89.6 Å². The quantitative estimate of drug-likeness (QED) is 0.746. The molecule has 0 bridgehead atoms. The number of amides is 1. The summed E-state index contributed by atoms with van der Waals surface area (Å²) in [5.41, 5.74) is 6.97. The number of aromatic nitrogens is 1. The van der Waals surface area contributed by atoms with Crippen LogP contribution in [0.4, 0.5) is 5.69 Å². The first-order valence-electron chi connectivity index (χ1n) is 7.33. The lowest BCUT2D eigenvalue weighted by Crippen LogP contribution is -2.30. The van der Waals surface area contributed by atoms with Gasteiger partial charge in [-0.15, -0.1) is 0 Å². The van der Waals surface area contributed by atoms with Gasteiger partial charge in [-0.05, 0) is 38.4 Å². The van der Waals surface area contributed by atoms with E-state index < -0.39 is 0 Å². The lowest BCUT2D eigenvalue weighted by atomic mass is 10.2. The van der Waals surface area contributed by atoms with E-state index in [2.05, 4.69) is 5.32 Å². The molecule has 1 heterocycles. The molecule has 0 fully saturated rings. The van der Waals surface area contributed by atoms with Crippen molar-refractivity contribution in [2.45, 2.75) is 6.54 Å². The first kappa shape index (κ1) is 16.8. The van der Waals surface area contributed by atoms with E-state index in [0.717, 1.165) is 10.9 Å². The van der Waals surface area contributed by atoms with Gasteiger partial charge in [0.25, 0.3) is 11.5 Å². The molecule has 0 aliphatic rings. The molecule has 1 aromatic carbocycles. The molecule has 0 unspecified atom stereocenters. The molecule has 0 radical (unpaired) electrons. The summed E-state index contributed by atoms with van der Waals surface area (Å²) in [4.78, 5) is 26.0. The van der Waals surface area contributed by atoms with Gasteiger partial charge < -0.3 is 25.3 Å². The number of benzene rings is 1. The molecule has 0 aliphatic carbocycles. The Hall–Kier alpha value is -2.54. The zero-order chi connectivity index (χ0) is 17.0. The predicted octanol–water partition coefficient (Wildman–Crippen LogP) is 0.270. The Morgan fingerprint density at radius 2 is 2.09 bits per heavy atom. The first-order valence-corrected chi connectivity index (χ1v) is 7.33. The lowest BCUT2D eigenvalue weighted by Gasteiger charge is -2.16. The molecule has 1 amide bonds. The normalized spacial score (nSPS) is 11.0. The van der Waals surface area contributed by atoms with E-state index in [0.29, 0.717) is 18.8 Å². The van der Waals surface area contributed by atoms with Crippen molar-refractivity contribution in [1.29, 1.82) is 0 Å². The van der Waals surface area contributed by atoms with Crippen LogP contribution in [-0.2, 0) is 11.3 Å². The second-order valence-electron chi connectivity index (χ2n) is 5.55. The maximum Gasteiger partial charge on any atom is 0.293 e. The van der Waals surface area contributed by atoms with E-state index in [9.17, 15) is 9.59 Å². The van der Waals surface area contributed by atoms with Crippen LogP contribution < -0.4 is 21.3 Å². The number of nitrogens with one attached hydrogen (secondary N) is 1. The first-order chi connectivity index (χ1) is 10.9. The monoisotopic (exact) mass is 318 g/mol. The van der Waals surface area contributed by atoms with Crippen LogP contribution in [0.1, 0.15) is 0 Å². The molecule has 1 aromatic heterocycles. The van der Waals surface area contributed by atoms with Crippen molar-refractivity contribution in [3.63, 3.8) is 0 Å². The van der Waals surface area contributed by atoms with Crippen molar-refractivity contribution in [2.24, 2.45) is 0 Å². The summed E-state index contributed by atoms with van der Waals surface area (Å²) in [6.45, 7) is 1.02. The van der Waals surface area contributed by atoms with E-state index in [1.165, 1.54) is 7.05 Å². The van der Waals surface area contributed by atoms with Crippen molar-refractivity contribution in [3.05, 3.63) is 34.6 Å². The van der Waals surface area contributed by atoms with Crippen LogP contribution in [0.25, 0.3) is 10.9 Å². The smallest absolute Gasteiger partial charge is 0.293 e. The Morgan fingerprint density at radius 1 is 1.35 bits per heavy atom. The molecule has 3 N–H and O–H groups in total. The van der Waals surface area contributed by atoms with Gasteiger partial charge in [0.1, 0.15) is 0 Å². The average Bonchev–Trinajstić information content (AvgIpc) is 2.51. The van der Waals surface area contributed by atoms with Gasteiger partial charge in [-0.1, -0.05) is 0 Å². The number of hydrogen-bond donors (Lipinski definition) is 2. The molecule has 7 nitrogen and oxygen atoms in total. The molecule has 0 saturated carbocycles. The Morgan fingerprint density at radius 3 is 2.74 bits per heavy atom. The molecule has 2 aromatic rings. The van der Waals surface area contributed by atoms with E-state index >= 15 is 0 Å². The van der Waals surface area contributed by atoms with Gasteiger partial charge in [-0.2, -0.15) is 0 Å². The maximum absolute atomic E-state index is 12.6. The van der Waals surface area contributed by atoms with Crippen LogP contribution in [0.15, 0.2) is 29.1 Å². The second kappa shape index (κ2) is 7.15. The van der Waals surface area contributed by atoms with Crippen LogP contribution in [0, 0.1) is 0 Å². The fourth-order valence-corrected chi connectivity index (χ4v) is 2.22. The largest absolute Gasteiger partial charge is 0.478 e. The van der Waals surface area contributed by atoms with E-state index in [1.54, 1.807) is 22.8 Å². The summed E-state index contributed by atoms with van der Waals surface area (Å²) in [5, 5.41) is 3.26. The number of nitrogen functional groups attached to an aromatic ring is 1. The van der Waals surface area contributed by atoms with Crippen LogP contribution in [0.2, 0.25) is 0 Å². The molecule has 0 atom stereocenters. The van der Waals surface area contributed by atoms with E-state index in [1.807, 2.05) is 25.1 Å². The number of ether oxygens (including phenoxy) is 1. The number of anilines is 1. The molecule has 0 aliphatic heterocycles. The fraction of sp³-hybridized carbons (Fsp3) is 0.375. The van der Waals surface area contributed by atoms with Gasteiger partial charge >= 0.3 is 0 Å². The predicted molar refractivity (Wildman–Crippen MR) is 90.7 cm³/mol. The second-order valence-corrected chi connectivity index (χ2v) is 5.55. The highest BCUT2D eigenvalue weighted by atomic mass is 16.5. The van der Waals surface area contributed by atoms with Gasteiger partial charge in [-0.25, -0.2) is 0 Å². The molecule has 124 valence electrons. The SMILES string of the molecule is CNC(=O)COc1cc2cc(N)ccc2n(CCN(C)C)c1=O. The molecular formula is C16H22N4O3. The van der Waals surface area contributed by atoms with Gasteiger partial charge in [0, 0.05) is 31.2 Å². The summed E-state index contributed by atoms with van der Waals surface area (Å²) < 4.78 is 7.03. The number of pyridine rings is 1. The highest BCUT2D eigenvalue weighted by Crippen LogP contribution is 2.20. The number of hydrogen-bond acceptors (Lipinski definition) is 5. The van der Waals surface area contributed by atoms with Crippen LogP contribution in [0.5, 0.6) is 5.75 Å². The highest BCUT2D eigenvalue weighted by molar-refractivity contribution is 5.83. The van der Waals surface area contributed by atoms with Crippen molar-refractivity contribution >= 4 is 22.5 Å². The summed E-state index contributed by atoms with van der Waals surface area (Å²) in [7, 11) is 5.40. The number of rotatable bonds is 6. The average molecular weight is 318 g/mol. The number of nitrogens with zero attached hydrogens (tertiary/aromatic N) is 2. The van der Waals surface area contributed by atoms with Crippen LogP contribution in [0.3, 0.4) is 0 Å². The standard InChI is InChI=1S/C16H22N4O3/c1-18-15(21)10-23-14-9-11-8-12(17)4-5-13(11)20(16(14)22)7-6-19(2)3/h4-5,8-9H,6-7,10,17H2,1-3H3,(H,18,21). The summed E-state index contributed by atoms with van der Waals surface area (Å²) in [6, 6.07) is 7.00. The molecule has 0 saturated heterocycles. The third-order valence-electron chi connectivity index (χ3n) is 3.49. The fourth-order valence-electron chi connectivity index (χ4n) is 2.22. The van der Waals surface area contributed by atoms with Crippen molar-refractivity contribution in [2.75, 3.05) is 40.0 Å². The Balaban J connectivity index is 2.48. The molecule has 23 heavy (non-hydrogen) atoms. The Bertz CT molecular complexity index is 768. The van der Waals surface area contributed by atoms with Gasteiger partial charge in [-0.3, -0.25) is 9.59 Å². The maximum atomic E-state index is 12.6. The number of carbonyl (C=O) groups excluding carboxylic acids is 1. The molecule has 0 spiro atoms. The van der Waals surface area contributed by atoms with Crippen molar-refractivity contribution in [1.82, 2.24) is 14.8 Å². The van der Waals surface area contributed by atoms with Crippen molar-refractivity contribution < 1.29 is 9.53 Å². The highest BCUT2D eigenvalue weighted by Gasteiger charge is 2.12. The van der Waals surface area contributed by atoms with Gasteiger partial charge in [0.05, 0.1) is 5.52 Å². The summed E-state index contributed by atoms with van der Waals surface area (Å²) >= 11 is 0. The number of fused-ring (bicyclic) bond motifs is 1. The third-order valence-corrected chi connectivity index (χ3v) is 3.49. The molecular weight excluding hydrogens is 296 g/mol.